The Morgan fingerprint density at radius 2 is 1.55 bits per heavy atom. The molecular formula is C33H48N10O8. The van der Waals surface area contributed by atoms with E-state index in [-0.39, 0.29) is 17.7 Å². The van der Waals surface area contributed by atoms with Gasteiger partial charge in [0.05, 0.1) is 29.9 Å². The Morgan fingerprint density at radius 3 is 2.25 bits per heavy atom. The van der Waals surface area contributed by atoms with E-state index in [1.165, 1.54) is 7.11 Å². The maximum atomic E-state index is 12.6. The molecule has 0 radical (unpaired) electrons. The Bertz CT molecular complexity index is 1820. The molecule has 4 rings (SSSR count). The summed E-state index contributed by atoms with van der Waals surface area (Å²) in [6, 6.07) is 4.93. The van der Waals surface area contributed by atoms with Gasteiger partial charge in [0.1, 0.15) is 17.1 Å². The number of ether oxygens (including phenoxy) is 2. The van der Waals surface area contributed by atoms with E-state index in [2.05, 4.69) is 36.5 Å². The van der Waals surface area contributed by atoms with Crippen molar-refractivity contribution < 1.29 is 38.9 Å². The summed E-state index contributed by atoms with van der Waals surface area (Å²) in [6.07, 6.45) is 5.24. The Morgan fingerprint density at radius 1 is 0.843 bits per heavy atom. The van der Waals surface area contributed by atoms with Crippen LogP contribution >= 0.6 is 0 Å². The maximum absolute atomic E-state index is 12.6. The number of aliphatic hydroxyl groups excluding tert-OH is 2. The molecule has 278 valence electrons. The number of amides is 2. The number of nitrogens with one attached hydrogen (secondary N) is 5. The summed E-state index contributed by atoms with van der Waals surface area (Å²) >= 11 is 0. The maximum Gasteiger partial charge on any atom is 0.412 e. The third-order valence-corrected chi connectivity index (χ3v) is 7.50. The molecule has 0 aromatic carbocycles. The molecule has 51 heavy (non-hydrogen) atoms. The van der Waals surface area contributed by atoms with Crippen LogP contribution in [0.15, 0.2) is 43.0 Å². The molecule has 0 saturated heterocycles. The summed E-state index contributed by atoms with van der Waals surface area (Å²) in [6.45, 7) is 5.73. The van der Waals surface area contributed by atoms with Gasteiger partial charge in [0.25, 0.3) is 5.91 Å². The van der Waals surface area contributed by atoms with Crippen molar-refractivity contribution in [3.63, 3.8) is 0 Å². The third-order valence-electron chi connectivity index (χ3n) is 7.50. The zero-order valence-corrected chi connectivity index (χ0v) is 30.1. The molecule has 2 amide bonds. The Hall–Kier alpha value is -5.62. The van der Waals surface area contributed by atoms with Gasteiger partial charge in [-0.25, -0.2) is 15.3 Å². The fourth-order valence-corrected chi connectivity index (χ4v) is 5.05. The predicted molar refractivity (Wildman–Crippen MR) is 189 cm³/mol. The summed E-state index contributed by atoms with van der Waals surface area (Å²) in [5.74, 6) is 0.457. The third kappa shape index (κ3) is 10.7. The molecule has 2 atom stereocenters. The monoisotopic (exact) mass is 712 g/mol. The summed E-state index contributed by atoms with van der Waals surface area (Å²) in [5.41, 5.74) is 4.59. The van der Waals surface area contributed by atoms with Crippen LogP contribution in [0.1, 0.15) is 74.5 Å². The minimum Gasteiger partial charge on any atom is -0.469 e. The second kappa shape index (κ2) is 16.4. The van der Waals surface area contributed by atoms with E-state index in [0.717, 1.165) is 0 Å². The second-order valence-corrected chi connectivity index (χ2v) is 13.0. The molecule has 0 fully saturated rings. The standard InChI is InChI=1S/C33H48N10O8/c1-33(2,3)50-32(48)36-20-13-24(40(4)16-20)30(46)38-25-19-43(7)28(37-25)31(47)35-21-15-26(42(6)17-21)51-39-22-14-23(41(5)18-22)29(45)34-12-10-9-11-27(44)49-8/h13-19,30-31,35,38-39,46-47H,9-12H2,1-8H3,(H,34,45)(H,36,48). The Labute approximate surface area is 295 Å². The van der Waals surface area contributed by atoms with Crippen LogP contribution in [0.25, 0.3) is 0 Å². The van der Waals surface area contributed by atoms with Gasteiger partial charge in [0, 0.05) is 72.0 Å². The van der Waals surface area contributed by atoms with Crippen molar-refractivity contribution in [2.75, 3.05) is 35.1 Å². The number of hydrogen-bond acceptors (Lipinski definition) is 12. The minimum absolute atomic E-state index is 0.258. The van der Waals surface area contributed by atoms with Gasteiger partial charge in [-0.1, -0.05) is 0 Å². The van der Waals surface area contributed by atoms with Crippen LogP contribution in [0.4, 0.5) is 27.7 Å². The second-order valence-electron chi connectivity index (χ2n) is 13.0. The van der Waals surface area contributed by atoms with Gasteiger partial charge in [-0.05, 0) is 45.7 Å². The average molecular weight is 713 g/mol. The normalized spacial score (nSPS) is 12.5. The van der Waals surface area contributed by atoms with Gasteiger partial charge in [0.2, 0.25) is 5.88 Å². The lowest BCUT2D eigenvalue weighted by Gasteiger charge is -2.19. The quantitative estimate of drug-likeness (QED) is 0.0385. The average Bonchev–Trinajstić information content (AvgIpc) is 3.79. The largest absolute Gasteiger partial charge is 0.469 e. The van der Waals surface area contributed by atoms with Crippen LogP contribution in [0.5, 0.6) is 5.88 Å². The van der Waals surface area contributed by atoms with Crippen molar-refractivity contribution in [3.8, 4) is 5.88 Å². The molecule has 0 saturated carbocycles. The highest BCUT2D eigenvalue weighted by Crippen LogP contribution is 2.26. The summed E-state index contributed by atoms with van der Waals surface area (Å²) in [5, 5.41) is 33.3. The van der Waals surface area contributed by atoms with Gasteiger partial charge in [-0.2, -0.15) is 0 Å². The number of imidazole rings is 1. The number of aliphatic hydroxyl groups is 2. The van der Waals surface area contributed by atoms with Crippen molar-refractivity contribution in [2.24, 2.45) is 28.2 Å². The zero-order valence-electron chi connectivity index (χ0n) is 30.1. The molecule has 7 N–H and O–H groups in total. The molecule has 4 aromatic heterocycles. The lowest BCUT2D eigenvalue weighted by molar-refractivity contribution is -0.140. The molecule has 2 unspecified atom stereocenters. The number of aryl methyl sites for hydroxylation is 4. The number of esters is 1. The summed E-state index contributed by atoms with van der Waals surface area (Å²) < 4.78 is 16.5. The van der Waals surface area contributed by atoms with Crippen molar-refractivity contribution in [3.05, 3.63) is 60.2 Å². The van der Waals surface area contributed by atoms with E-state index in [0.29, 0.717) is 66.0 Å². The molecule has 0 aliphatic rings. The number of carbonyl (C=O) groups excluding carboxylic acids is 3. The minimum atomic E-state index is -1.22. The number of carbonyl (C=O) groups is 3. The SMILES string of the molecule is COC(=O)CCCCNC(=O)c1cc(NOc2cc(NC(O)c3nc(NC(O)c4cc(NC(=O)OC(C)(C)C)cn4C)cn3C)cn2C)cn1C. The number of methoxy groups -OCH3 is 1. The van der Waals surface area contributed by atoms with Crippen LogP contribution in [0.3, 0.4) is 0 Å². The molecule has 0 spiro atoms. The van der Waals surface area contributed by atoms with Gasteiger partial charge in [-0.3, -0.25) is 14.9 Å². The number of nitrogens with zero attached hydrogens (tertiary/aromatic N) is 5. The topological polar surface area (TPSA) is 212 Å². The fraction of sp³-hybridized carbons (Fsp3) is 0.455. The van der Waals surface area contributed by atoms with E-state index < -0.39 is 24.2 Å². The highest BCUT2D eigenvalue weighted by Gasteiger charge is 2.21. The fourth-order valence-electron chi connectivity index (χ4n) is 5.05. The number of unbranched alkanes of at least 4 members (excludes halogenated alkanes) is 1. The Balaban J connectivity index is 1.30. The van der Waals surface area contributed by atoms with E-state index in [4.69, 9.17) is 9.57 Å². The van der Waals surface area contributed by atoms with Crippen LogP contribution in [-0.4, -0.2) is 70.7 Å². The first-order valence-electron chi connectivity index (χ1n) is 16.2. The van der Waals surface area contributed by atoms with E-state index >= 15 is 0 Å². The summed E-state index contributed by atoms with van der Waals surface area (Å²) in [7, 11) is 8.29. The smallest absolute Gasteiger partial charge is 0.412 e. The molecule has 18 heteroatoms. The van der Waals surface area contributed by atoms with E-state index in [1.54, 1.807) is 110 Å². The Kier molecular flexibility index (Phi) is 12.3. The van der Waals surface area contributed by atoms with Crippen LogP contribution < -0.4 is 31.6 Å². The van der Waals surface area contributed by atoms with Crippen LogP contribution in [-0.2, 0) is 42.5 Å². The van der Waals surface area contributed by atoms with E-state index in [9.17, 15) is 24.6 Å². The van der Waals surface area contributed by atoms with E-state index in [1.807, 2.05) is 0 Å². The molecule has 4 heterocycles. The number of aromatic nitrogens is 5. The van der Waals surface area contributed by atoms with Crippen molar-refractivity contribution in [1.29, 1.82) is 0 Å². The van der Waals surface area contributed by atoms with Crippen LogP contribution in [0, 0.1) is 0 Å². The van der Waals surface area contributed by atoms with Crippen molar-refractivity contribution in [1.82, 2.24) is 28.6 Å². The first-order valence-corrected chi connectivity index (χ1v) is 16.2. The number of hydrogen-bond donors (Lipinski definition) is 7. The lowest BCUT2D eigenvalue weighted by Crippen LogP contribution is -2.27. The van der Waals surface area contributed by atoms with Gasteiger partial charge in [0.15, 0.2) is 18.3 Å². The van der Waals surface area contributed by atoms with Crippen molar-refractivity contribution >= 4 is 40.8 Å². The predicted octanol–water partition coefficient (Wildman–Crippen LogP) is 3.47. The van der Waals surface area contributed by atoms with Gasteiger partial charge in [-0.15, -0.1) is 0 Å². The van der Waals surface area contributed by atoms with Crippen LogP contribution in [0.2, 0.25) is 0 Å². The molecule has 4 aromatic rings. The number of anilines is 4. The zero-order chi connectivity index (χ0) is 37.5. The lowest BCUT2D eigenvalue weighted by atomic mass is 10.2. The molecule has 0 aliphatic heterocycles. The highest BCUT2D eigenvalue weighted by molar-refractivity contribution is 5.93. The molecule has 18 nitrogen and oxygen atoms in total. The molecular weight excluding hydrogens is 664 g/mol. The van der Waals surface area contributed by atoms with Crippen molar-refractivity contribution in [2.45, 2.75) is 58.1 Å². The highest BCUT2D eigenvalue weighted by atomic mass is 16.7. The van der Waals surface area contributed by atoms with Gasteiger partial charge >= 0.3 is 12.1 Å². The van der Waals surface area contributed by atoms with Gasteiger partial charge < -0.3 is 58.7 Å². The summed E-state index contributed by atoms with van der Waals surface area (Å²) in [4.78, 5) is 46.2. The first kappa shape index (κ1) is 38.2. The molecule has 0 bridgehead atoms. The molecule has 0 aliphatic carbocycles. The first-order chi connectivity index (χ1) is 24.0. The number of rotatable bonds is 16.